The van der Waals surface area contributed by atoms with E-state index in [9.17, 15) is 21.6 Å². The summed E-state index contributed by atoms with van der Waals surface area (Å²) < 4.78 is 54.2. The van der Waals surface area contributed by atoms with Crippen LogP contribution >= 0.6 is 0 Å². The molecule has 2 rings (SSSR count). The highest BCUT2D eigenvalue weighted by Crippen LogP contribution is 2.26. The maximum atomic E-state index is 12.8. The van der Waals surface area contributed by atoms with Crippen LogP contribution in [0.15, 0.2) is 34.1 Å². The van der Waals surface area contributed by atoms with E-state index in [1.165, 1.54) is 12.1 Å². The molecule has 0 saturated carbocycles. The summed E-state index contributed by atoms with van der Waals surface area (Å²) in [5.41, 5.74) is 0. The molecule has 0 bridgehead atoms. The van der Waals surface area contributed by atoms with Crippen molar-refractivity contribution in [2.45, 2.75) is 42.0 Å². The van der Waals surface area contributed by atoms with Crippen molar-refractivity contribution in [3.8, 4) is 0 Å². The van der Waals surface area contributed by atoms with Crippen LogP contribution in [0.25, 0.3) is 0 Å². The first kappa shape index (κ1) is 18.8. The Morgan fingerprint density at radius 2 is 1.75 bits per heavy atom. The Bertz CT molecular complexity index is 802. The number of primary sulfonamides is 1. The molecule has 1 aliphatic heterocycles. The number of sulfonamides is 2. The Morgan fingerprint density at radius 1 is 1.17 bits per heavy atom. The molecule has 8 nitrogen and oxygen atoms in total. The molecule has 1 aliphatic rings. The van der Waals surface area contributed by atoms with E-state index in [2.05, 4.69) is 0 Å². The van der Waals surface area contributed by atoms with Crippen molar-refractivity contribution in [3.63, 3.8) is 0 Å². The molecule has 10 heteroatoms. The van der Waals surface area contributed by atoms with Crippen molar-refractivity contribution in [3.05, 3.63) is 24.3 Å². The summed E-state index contributed by atoms with van der Waals surface area (Å²) in [7, 11) is -7.84. The second-order valence-electron chi connectivity index (χ2n) is 5.40. The van der Waals surface area contributed by atoms with Crippen LogP contribution in [-0.4, -0.2) is 46.3 Å². The number of hydrogen-bond acceptors (Lipinski definition) is 6. The summed E-state index contributed by atoms with van der Waals surface area (Å²) in [6.45, 7) is 2.04. The Hall–Kier alpha value is -1.49. The lowest BCUT2D eigenvalue weighted by molar-refractivity contribution is -0.148. The Morgan fingerprint density at radius 3 is 2.29 bits per heavy atom. The van der Waals surface area contributed by atoms with Gasteiger partial charge in [-0.15, -0.1) is 0 Å². The summed E-state index contributed by atoms with van der Waals surface area (Å²) in [5, 5.41) is 5.00. The number of benzene rings is 1. The molecule has 0 aromatic heterocycles. The predicted molar refractivity (Wildman–Crippen MR) is 86.0 cm³/mol. The lowest BCUT2D eigenvalue weighted by Crippen LogP contribution is -2.48. The van der Waals surface area contributed by atoms with E-state index in [1.54, 1.807) is 6.92 Å². The van der Waals surface area contributed by atoms with Gasteiger partial charge in [0.15, 0.2) is 0 Å². The summed E-state index contributed by atoms with van der Waals surface area (Å²) in [6, 6.07) is 3.75. The van der Waals surface area contributed by atoms with Crippen LogP contribution in [0.4, 0.5) is 0 Å². The van der Waals surface area contributed by atoms with Crippen molar-refractivity contribution in [2.24, 2.45) is 5.14 Å². The van der Waals surface area contributed by atoms with Gasteiger partial charge >= 0.3 is 5.97 Å². The van der Waals surface area contributed by atoms with E-state index in [0.29, 0.717) is 12.8 Å². The third-order valence-electron chi connectivity index (χ3n) is 3.77. The standard InChI is InChI=1S/C14H20N2O6S2/c1-2-22-14(17)13-5-3-4-10-16(13)24(20,21)12-8-6-11(7-9-12)23(15,18)19/h6-9,13H,2-5,10H2,1H3,(H2,15,18,19). The number of nitrogens with two attached hydrogens (primary N) is 1. The van der Waals surface area contributed by atoms with E-state index in [1.807, 2.05) is 0 Å². The van der Waals surface area contributed by atoms with Gasteiger partial charge in [0.1, 0.15) is 6.04 Å². The Kier molecular flexibility index (Phi) is 5.63. The average molecular weight is 376 g/mol. The van der Waals surface area contributed by atoms with E-state index in [0.717, 1.165) is 22.9 Å². The minimum atomic E-state index is -3.94. The molecule has 24 heavy (non-hydrogen) atoms. The number of ether oxygens (including phenoxy) is 1. The monoisotopic (exact) mass is 376 g/mol. The normalized spacial score (nSPS) is 19.8. The molecule has 1 aromatic rings. The van der Waals surface area contributed by atoms with Crippen LogP contribution in [-0.2, 0) is 29.6 Å². The highest BCUT2D eigenvalue weighted by Gasteiger charge is 2.38. The number of carbonyl (C=O) groups is 1. The van der Waals surface area contributed by atoms with Crippen molar-refractivity contribution in [1.82, 2.24) is 4.31 Å². The van der Waals surface area contributed by atoms with Gasteiger partial charge in [0.2, 0.25) is 20.0 Å². The third-order valence-corrected chi connectivity index (χ3v) is 6.62. The molecule has 0 spiro atoms. The number of rotatable bonds is 5. The summed E-state index contributed by atoms with van der Waals surface area (Å²) >= 11 is 0. The minimum absolute atomic E-state index is 0.0916. The fourth-order valence-electron chi connectivity index (χ4n) is 2.60. The van der Waals surface area contributed by atoms with Crippen LogP contribution in [0.1, 0.15) is 26.2 Å². The zero-order chi connectivity index (χ0) is 18.0. The van der Waals surface area contributed by atoms with E-state index < -0.39 is 32.1 Å². The molecule has 1 unspecified atom stereocenters. The number of nitrogens with zero attached hydrogens (tertiary/aromatic N) is 1. The summed E-state index contributed by atoms with van der Waals surface area (Å²) in [4.78, 5) is 11.8. The lowest BCUT2D eigenvalue weighted by atomic mass is 10.1. The van der Waals surface area contributed by atoms with E-state index >= 15 is 0 Å². The van der Waals surface area contributed by atoms with Crippen LogP contribution in [0.3, 0.4) is 0 Å². The zero-order valence-electron chi connectivity index (χ0n) is 13.2. The molecule has 0 aliphatic carbocycles. The quantitative estimate of drug-likeness (QED) is 0.744. The first-order valence-electron chi connectivity index (χ1n) is 7.49. The molecular formula is C14H20N2O6S2. The molecule has 0 radical (unpaired) electrons. The molecule has 0 amide bonds. The largest absolute Gasteiger partial charge is 0.465 e. The molecule has 2 N–H and O–H groups in total. The first-order valence-corrected chi connectivity index (χ1v) is 10.5. The SMILES string of the molecule is CCOC(=O)C1CCCCN1S(=O)(=O)c1ccc(S(N)(=O)=O)cc1. The maximum absolute atomic E-state index is 12.8. The number of piperidine rings is 1. The fraction of sp³-hybridized carbons (Fsp3) is 0.500. The van der Waals surface area contributed by atoms with Gasteiger partial charge in [0.25, 0.3) is 0 Å². The fourth-order valence-corrected chi connectivity index (χ4v) is 4.77. The molecule has 134 valence electrons. The predicted octanol–water partition coefficient (Wildman–Crippen LogP) is 0.440. The second-order valence-corrected chi connectivity index (χ2v) is 8.85. The minimum Gasteiger partial charge on any atom is -0.465 e. The smallest absolute Gasteiger partial charge is 0.324 e. The van der Waals surface area contributed by atoms with Gasteiger partial charge in [0.05, 0.1) is 16.4 Å². The first-order chi connectivity index (χ1) is 11.2. The van der Waals surface area contributed by atoms with Crippen molar-refractivity contribution in [1.29, 1.82) is 0 Å². The van der Waals surface area contributed by atoms with Gasteiger partial charge in [0, 0.05) is 6.54 Å². The number of carbonyl (C=O) groups excluding carboxylic acids is 1. The van der Waals surface area contributed by atoms with Crippen molar-refractivity contribution >= 4 is 26.0 Å². The summed E-state index contributed by atoms with van der Waals surface area (Å²) in [6.07, 6.45) is 1.78. The Labute approximate surface area is 141 Å². The molecular weight excluding hydrogens is 356 g/mol. The van der Waals surface area contributed by atoms with Gasteiger partial charge in [-0.1, -0.05) is 0 Å². The molecule has 1 fully saturated rings. The number of hydrogen-bond donors (Lipinski definition) is 1. The van der Waals surface area contributed by atoms with Crippen LogP contribution in [0.5, 0.6) is 0 Å². The van der Waals surface area contributed by atoms with E-state index in [4.69, 9.17) is 9.88 Å². The van der Waals surface area contributed by atoms with Gasteiger partial charge < -0.3 is 4.74 Å². The van der Waals surface area contributed by atoms with E-state index in [-0.39, 0.29) is 22.9 Å². The molecule has 1 atom stereocenters. The van der Waals surface area contributed by atoms with Gasteiger partial charge in [-0.3, -0.25) is 4.79 Å². The molecule has 1 aromatic carbocycles. The van der Waals surface area contributed by atoms with Crippen LogP contribution in [0.2, 0.25) is 0 Å². The zero-order valence-corrected chi connectivity index (χ0v) is 14.8. The maximum Gasteiger partial charge on any atom is 0.324 e. The van der Waals surface area contributed by atoms with Crippen LogP contribution in [0, 0.1) is 0 Å². The highest BCUT2D eigenvalue weighted by atomic mass is 32.2. The lowest BCUT2D eigenvalue weighted by Gasteiger charge is -2.32. The van der Waals surface area contributed by atoms with Crippen molar-refractivity contribution in [2.75, 3.05) is 13.2 Å². The average Bonchev–Trinajstić information content (AvgIpc) is 2.54. The topological polar surface area (TPSA) is 124 Å². The highest BCUT2D eigenvalue weighted by molar-refractivity contribution is 7.89. The second kappa shape index (κ2) is 7.18. The third kappa shape index (κ3) is 3.94. The summed E-state index contributed by atoms with van der Waals surface area (Å²) in [5.74, 6) is -0.568. The number of esters is 1. The van der Waals surface area contributed by atoms with Crippen LogP contribution < -0.4 is 5.14 Å². The van der Waals surface area contributed by atoms with Gasteiger partial charge in [-0.2, -0.15) is 4.31 Å². The molecule has 1 saturated heterocycles. The van der Waals surface area contributed by atoms with Gasteiger partial charge in [-0.25, -0.2) is 22.0 Å². The van der Waals surface area contributed by atoms with Crippen molar-refractivity contribution < 1.29 is 26.4 Å². The molecule has 1 heterocycles. The Balaban J connectivity index is 2.35. The van der Waals surface area contributed by atoms with Gasteiger partial charge in [-0.05, 0) is 50.5 Å².